The van der Waals surface area contributed by atoms with E-state index >= 15 is 0 Å². The van der Waals surface area contributed by atoms with E-state index < -0.39 is 0 Å². The normalized spacial score (nSPS) is 14.7. The van der Waals surface area contributed by atoms with Crippen molar-refractivity contribution in [3.05, 3.63) is 30.1 Å². The van der Waals surface area contributed by atoms with Crippen LogP contribution in [0.5, 0.6) is 0 Å². The third-order valence-corrected chi connectivity index (χ3v) is 5.62. The van der Waals surface area contributed by atoms with Gasteiger partial charge in [-0.25, -0.2) is 4.98 Å². The van der Waals surface area contributed by atoms with Crippen LogP contribution in [0.1, 0.15) is 64.1 Å². The number of carbonyl (C=O) groups is 2. The third-order valence-electron chi connectivity index (χ3n) is 5.62. The minimum atomic E-state index is 0.115. The highest BCUT2D eigenvalue weighted by Crippen LogP contribution is 2.18. The van der Waals surface area contributed by atoms with Crippen LogP contribution in [0.3, 0.4) is 0 Å². The number of para-hydroxylation sites is 2. The zero-order valence-electron chi connectivity index (χ0n) is 17.7. The summed E-state index contributed by atoms with van der Waals surface area (Å²) < 4.78 is 2.19. The number of likely N-dealkylation sites (tertiary alicyclic amines) is 1. The van der Waals surface area contributed by atoms with E-state index in [2.05, 4.69) is 16.0 Å². The Morgan fingerprint density at radius 2 is 1.83 bits per heavy atom. The van der Waals surface area contributed by atoms with Crippen molar-refractivity contribution in [3.8, 4) is 0 Å². The van der Waals surface area contributed by atoms with Gasteiger partial charge in [-0.3, -0.25) is 9.59 Å². The lowest BCUT2D eigenvalue weighted by Gasteiger charge is -2.20. The molecular weight excluding hydrogens is 364 g/mol. The number of carbonyl (C=O) groups excluding carboxylic acids is 2. The molecular formula is C23H34N4O2. The average Bonchev–Trinajstić information content (AvgIpc) is 2.88. The Morgan fingerprint density at radius 1 is 1.07 bits per heavy atom. The van der Waals surface area contributed by atoms with Crippen molar-refractivity contribution in [3.63, 3.8) is 0 Å². The fourth-order valence-corrected chi connectivity index (χ4v) is 4.04. The average molecular weight is 399 g/mol. The predicted octanol–water partition coefficient (Wildman–Crippen LogP) is 3.68. The van der Waals surface area contributed by atoms with Crippen LogP contribution >= 0.6 is 0 Å². The lowest BCUT2D eigenvalue weighted by Crippen LogP contribution is -2.32. The van der Waals surface area contributed by atoms with Gasteiger partial charge >= 0.3 is 0 Å². The Bertz CT molecular complexity index is 806. The Hall–Kier alpha value is -2.37. The second-order valence-corrected chi connectivity index (χ2v) is 7.92. The largest absolute Gasteiger partial charge is 0.356 e. The summed E-state index contributed by atoms with van der Waals surface area (Å²) in [6.07, 6.45) is 8.30. The number of aryl methyl sites for hydroxylation is 2. The van der Waals surface area contributed by atoms with Gasteiger partial charge in [-0.1, -0.05) is 31.9 Å². The predicted molar refractivity (Wildman–Crippen MR) is 116 cm³/mol. The first-order chi connectivity index (χ1) is 14.2. The summed E-state index contributed by atoms with van der Waals surface area (Å²) in [5.41, 5.74) is 2.06. The molecule has 0 saturated carbocycles. The standard InChI is InChI=1S/C23H34N4O2/c1-2-10-22(28)24-15-9-13-21-25-19-11-5-6-12-20(19)27(21)18-14-23(29)26-16-7-3-4-8-17-26/h5-6,11-12H,2-4,7-10,13-18H2,1H3,(H,24,28). The van der Waals surface area contributed by atoms with Crippen molar-refractivity contribution in [2.24, 2.45) is 0 Å². The number of aromatic nitrogens is 2. The molecule has 0 bridgehead atoms. The summed E-state index contributed by atoms with van der Waals surface area (Å²) in [5.74, 6) is 1.37. The Labute approximate surface area is 173 Å². The summed E-state index contributed by atoms with van der Waals surface area (Å²) in [6.45, 7) is 5.12. The molecule has 158 valence electrons. The van der Waals surface area contributed by atoms with E-state index in [1.165, 1.54) is 12.8 Å². The lowest BCUT2D eigenvalue weighted by atomic mass is 10.2. The van der Waals surface area contributed by atoms with Crippen molar-refractivity contribution >= 4 is 22.8 Å². The second kappa shape index (κ2) is 11.0. The molecule has 1 aliphatic rings. The lowest BCUT2D eigenvalue weighted by molar-refractivity contribution is -0.131. The fourth-order valence-electron chi connectivity index (χ4n) is 4.04. The molecule has 0 unspecified atom stereocenters. The molecule has 0 radical (unpaired) electrons. The monoisotopic (exact) mass is 398 g/mol. The molecule has 1 aromatic heterocycles. The van der Waals surface area contributed by atoms with E-state index in [0.717, 1.165) is 62.1 Å². The van der Waals surface area contributed by atoms with Gasteiger partial charge < -0.3 is 14.8 Å². The molecule has 6 heteroatoms. The number of rotatable bonds is 9. The van der Waals surface area contributed by atoms with E-state index in [9.17, 15) is 9.59 Å². The molecule has 29 heavy (non-hydrogen) atoms. The van der Waals surface area contributed by atoms with E-state index in [4.69, 9.17) is 4.98 Å². The summed E-state index contributed by atoms with van der Waals surface area (Å²) in [5, 5.41) is 2.97. The van der Waals surface area contributed by atoms with Crippen LogP contribution in [0.2, 0.25) is 0 Å². The highest BCUT2D eigenvalue weighted by molar-refractivity contribution is 5.78. The topological polar surface area (TPSA) is 67.2 Å². The van der Waals surface area contributed by atoms with Gasteiger partial charge in [0, 0.05) is 45.4 Å². The number of fused-ring (bicyclic) bond motifs is 1. The zero-order valence-corrected chi connectivity index (χ0v) is 17.7. The molecule has 0 aliphatic carbocycles. The molecule has 0 atom stereocenters. The summed E-state index contributed by atoms with van der Waals surface area (Å²) >= 11 is 0. The van der Waals surface area contributed by atoms with E-state index in [1.54, 1.807) is 0 Å². The van der Waals surface area contributed by atoms with Crippen molar-refractivity contribution in [1.82, 2.24) is 19.8 Å². The molecule has 6 nitrogen and oxygen atoms in total. The van der Waals surface area contributed by atoms with Crippen LogP contribution in [0.4, 0.5) is 0 Å². The minimum absolute atomic E-state index is 0.115. The quantitative estimate of drug-likeness (QED) is 0.655. The van der Waals surface area contributed by atoms with Crippen molar-refractivity contribution in [2.75, 3.05) is 19.6 Å². The zero-order chi connectivity index (χ0) is 20.5. The summed E-state index contributed by atoms with van der Waals surface area (Å²) in [4.78, 5) is 31.2. The second-order valence-electron chi connectivity index (χ2n) is 7.92. The number of amides is 2. The van der Waals surface area contributed by atoms with Crippen LogP contribution in [0, 0.1) is 0 Å². The molecule has 2 heterocycles. The number of hydrogen-bond acceptors (Lipinski definition) is 3. The van der Waals surface area contributed by atoms with Gasteiger partial charge in [0.15, 0.2) is 0 Å². The van der Waals surface area contributed by atoms with Crippen LogP contribution in [-0.4, -0.2) is 45.9 Å². The van der Waals surface area contributed by atoms with Crippen molar-refractivity contribution in [1.29, 1.82) is 0 Å². The van der Waals surface area contributed by atoms with E-state index in [1.807, 2.05) is 30.0 Å². The molecule has 0 spiro atoms. The van der Waals surface area contributed by atoms with Gasteiger partial charge in [-0.15, -0.1) is 0 Å². The highest BCUT2D eigenvalue weighted by atomic mass is 16.2. The van der Waals surface area contributed by atoms with Crippen LogP contribution in [0.25, 0.3) is 11.0 Å². The van der Waals surface area contributed by atoms with Crippen molar-refractivity contribution in [2.45, 2.75) is 71.3 Å². The third kappa shape index (κ3) is 6.05. The number of hydrogen-bond donors (Lipinski definition) is 1. The first-order valence-electron chi connectivity index (χ1n) is 11.2. The maximum atomic E-state index is 12.7. The first-order valence-corrected chi connectivity index (χ1v) is 11.2. The summed E-state index contributed by atoms with van der Waals surface area (Å²) in [7, 11) is 0. The smallest absolute Gasteiger partial charge is 0.224 e. The van der Waals surface area contributed by atoms with Gasteiger partial charge in [0.2, 0.25) is 11.8 Å². The Balaban J connectivity index is 1.61. The highest BCUT2D eigenvalue weighted by Gasteiger charge is 2.17. The molecule has 1 saturated heterocycles. The van der Waals surface area contributed by atoms with Crippen LogP contribution in [0.15, 0.2) is 24.3 Å². The molecule has 1 aromatic carbocycles. The summed E-state index contributed by atoms with van der Waals surface area (Å²) in [6, 6.07) is 8.11. The van der Waals surface area contributed by atoms with Gasteiger partial charge in [0.25, 0.3) is 0 Å². The number of nitrogens with zero attached hydrogens (tertiary/aromatic N) is 3. The van der Waals surface area contributed by atoms with Gasteiger partial charge in [0.05, 0.1) is 11.0 Å². The molecule has 1 fully saturated rings. The maximum Gasteiger partial charge on any atom is 0.224 e. The fraction of sp³-hybridized carbons (Fsp3) is 0.609. The molecule has 2 amide bonds. The van der Waals surface area contributed by atoms with Crippen LogP contribution in [-0.2, 0) is 22.6 Å². The molecule has 3 rings (SSSR count). The number of benzene rings is 1. The molecule has 1 N–H and O–H groups in total. The number of nitrogens with one attached hydrogen (secondary N) is 1. The number of imidazole rings is 1. The maximum absolute atomic E-state index is 12.7. The van der Waals surface area contributed by atoms with Crippen molar-refractivity contribution < 1.29 is 9.59 Å². The molecule has 2 aromatic rings. The minimum Gasteiger partial charge on any atom is -0.356 e. The Morgan fingerprint density at radius 3 is 2.59 bits per heavy atom. The van der Waals surface area contributed by atoms with E-state index in [-0.39, 0.29) is 11.8 Å². The first kappa shape index (κ1) is 21.3. The van der Waals surface area contributed by atoms with Gasteiger partial charge in [0.1, 0.15) is 5.82 Å². The Kier molecular flexibility index (Phi) is 8.08. The van der Waals surface area contributed by atoms with E-state index in [0.29, 0.717) is 25.9 Å². The van der Waals surface area contributed by atoms with Gasteiger partial charge in [-0.2, -0.15) is 0 Å². The molecule has 1 aliphatic heterocycles. The van der Waals surface area contributed by atoms with Gasteiger partial charge in [-0.05, 0) is 37.8 Å². The SMILES string of the molecule is CCCC(=O)NCCCc1nc2ccccc2n1CCC(=O)N1CCCCCC1. The van der Waals surface area contributed by atoms with Crippen LogP contribution < -0.4 is 5.32 Å².